The van der Waals surface area contributed by atoms with Crippen LogP contribution in [0.15, 0.2) is 12.2 Å². The highest BCUT2D eigenvalue weighted by atomic mass is 16.5. The van der Waals surface area contributed by atoms with Crippen molar-refractivity contribution >= 4 is 11.9 Å². The quantitative estimate of drug-likeness (QED) is 0.391. The summed E-state index contributed by atoms with van der Waals surface area (Å²) in [5, 5.41) is 2.79. The molecule has 0 aromatic carbocycles. The van der Waals surface area contributed by atoms with Crippen molar-refractivity contribution in [1.82, 2.24) is 5.32 Å². The highest BCUT2D eigenvalue weighted by molar-refractivity contribution is 5.86. The zero-order chi connectivity index (χ0) is 12.4. The van der Waals surface area contributed by atoms with Gasteiger partial charge in [-0.2, -0.15) is 0 Å². The summed E-state index contributed by atoms with van der Waals surface area (Å²) >= 11 is 0. The van der Waals surface area contributed by atoms with Gasteiger partial charge in [0, 0.05) is 18.5 Å². The first-order valence-electron chi connectivity index (χ1n) is 5.67. The van der Waals surface area contributed by atoms with Crippen LogP contribution in [0.3, 0.4) is 0 Å². The number of carbonyl (C=O) groups excluding carboxylic acids is 2. The number of esters is 1. The first-order chi connectivity index (χ1) is 7.57. The molecule has 0 aromatic rings. The number of unbranched alkanes of at least 4 members (excludes halogenated alkanes) is 2. The fourth-order valence-corrected chi connectivity index (χ4v) is 1.04. The lowest BCUT2D eigenvalue weighted by Gasteiger charge is -2.05. The first kappa shape index (κ1) is 14.7. The maximum absolute atomic E-state index is 11.0. The molecule has 16 heavy (non-hydrogen) atoms. The van der Waals surface area contributed by atoms with Gasteiger partial charge in [-0.1, -0.05) is 13.5 Å². The Bertz CT molecular complexity index is 249. The molecule has 1 amide bonds. The molecule has 92 valence electrons. The lowest BCUT2D eigenvalue weighted by atomic mass is 10.2. The molecule has 4 heteroatoms. The highest BCUT2D eigenvalue weighted by Crippen LogP contribution is 1.98. The third-order valence-electron chi connectivity index (χ3n) is 2.05. The molecule has 0 saturated heterocycles. The van der Waals surface area contributed by atoms with Crippen molar-refractivity contribution in [2.75, 3.05) is 13.2 Å². The van der Waals surface area contributed by atoms with E-state index in [0.717, 1.165) is 19.3 Å². The van der Waals surface area contributed by atoms with Crippen LogP contribution in [0.2, 0.25) is 0 Å². The molecule has 0 aliphatic rings. The van der Waals surface area contributed by atoms with Gasteiger partial charge in [0.05, 0.1) is 6.61 Å². The monoisotopic (exact) mass is 227 g/mol. The smallest absolute Gasteiger partial charge is 0.333 e. The van der Waals surface area contributed by atoms with E-state index in [0.29, 0.717) is 25.1 Å². The Balaban J connectivity index is 3.25. The number of nitrogens with one attached hydrogen (secondary N) is 1. The van der Waals surface area contributed by atoms with Crippen molar-refractivity contribution in [3.05, 3.63) is 12.2 Å². The van der Waals surface area contributed by atoms with Crippen molar-refractivity contribution in [3.8, 4) is 0 Å². The molecule has 0 rings (SSSR count). The van der Waals surface area contributed by atoms with Crippen LogP contribution in [0.25, 0.3) is 0 Å². The molecule has 4 nitrogen and oxygen atoms in total. The van der Waals surface area contributed by atoms with E-state index in [1.54, 1.807) is 6.92 Å². The number of hydrogen-bond acceptors (Lipinski definition) is 3. The molecule has 0 aliphatic carbocycles. The molecule has 0 aliphatic heterocycles. The fourth-order valence-electron chi connectivity index (χ4n) is 1.04. The van der Waals surface area contributed by atoms with E-state index in [9.17, 15) is 9.59 Å². The number of amides is 1. The van der Waals surface area contributed by atoms with Crippen molar-refractivity contribution in [1.29, 1.82) is 0 Å². The molecule has 0 spiro atoms. The third kappa shape index (κ3) is 8.03. The Morgan fingerprint density at radius 2 is 1.94 bits per heavy atom. The molecule has 0 atom stereocenters. The van der Waals surface area contributed by atoms with Crippen LogP contribution in [0.5, 0.6) is 0 Å². The second-order valence-electron chi connectivity index (χ2n) is 3.68. The predicted octanol–water partition coefficient (Wildman–Crippen LogP) is 1.80. The molecular formula is C12H21NO3. The molecule has 1 N–H and O–H groups in total. The second kappa shape index (κ2) is 8.95. The largest absolute Gasteiger partial charge is 0.462 e. The minimum absolute atomic E-state index is 0.0775. The average molecular weight is 227 g/mol. The van der Waals surface area contributed by atoms with E-state index in [-0.39, 0.29) is 11.9 Å². The average Bonchev–Trinajstić information content (AvgIpc) is 2.26. The number of carbonyl (C=O) groups is 2. The van der Waals surface area contributed by atoms with Crippen LogP contribution < -0.4 is 5.32 Å². The van der Waals surface area contributed by atoms with Gasteiger partial charge >= 0.3 is 5.97 Å². The van der Waals surface area contributed by atoms with E-state index in [1.807, 2.05) is 6.92 Å². The summed E-state index contributed by atoms with van der Waals surface area (Å²) < 4.78 is 4.93. The standard InChI is InChI=1S/C12H21NO3/c1-4-11(14)13-8-6-5-7-9-16-12(15)10(2)3/h2,4-9H2,1,3H3,(H,13,14). The zero-order valence-electron chi connectivity index (χ0n) is 10.2. The molecule has 0 aromatic heterocycles. The number of hydrogen-bond donors (Lipinski definition) is 1. The summed E-state index contributed by atoms with van der Waals surface area (Å²) in [7, 11) is 0. The van der Waals surface area contributed by atoms with Gasteiger partial charge in [0.15, 0.2) is 0 Å². The number of rotatable bonds is 8. The van der Waals surface area contributed by atoms with Crippen LogP contribution in [-0.2, 0) is 14.3 Å². The van der Waals surface area contributed by atoms with Gasteiger partial charge in [0.2, 0.25) is 5.91 Å². The molecule has 0 unspecified atom stereocenters. The third-order valence-corrected chi connectivity index (χ3v) is 2.05. The van der Waals surface area contributed by atoms with Gasteiger partial charge in [-0.3, -0.25) is 4.79 Å². The second-order valence-corrected chi connectivity index (χ2v) is 3.68. The van der Waals surface area contributed by atoms with Crippen LogP contribution in [0.1, 0.15) is 39.5 Å². The Hall–Kier alpha value is -1.32. The van der Waals surface area contributed by atoms with Crippen molar-refractivity contribution in [2.24, 2.45) is 0 Å². The summed E-state index contributed by atoms with van der Waals surface area (Å²) in [6, 6.07) is 0. The fraction of sp³-hybridized carbons (Fsp3) is 0.667. The topological polar surface area (TPSA) is 55.4 Å². The van der Waals surface area contributed by atoms with Gasteiger partial charge in [-0.25, -0.2) is 4.79 Å². The van der Waals surface area contributed by atoms with E-state index in [2.05, 4.69) is 11.9 Å². The van der Waals surface area contributed by atoms with Gasteiger partial charge in [-0.15, -0.1) is 0 Å². The van der Waals surface area contributed by atoms with Gasteiger partial charge in [0.1, 0.15) is 0 Å². The van der Waals surface area contributed by atoms with E-state index < -0.39 is 0 Å². The SMILES string of the molecule is C=C(C)C(=O)OCCCCCNC(=O)CC. The van der Waals surface area contributed by atoms with Crippen molar-refractivity contribution < 1.29 is 14.3 Å². The molecule has 0 saturated carbocycles. The summed E-state index contributed by atoms with van der Waals surface area (Å²) in [5.41, 5.74) is 0.426. The van der Waals surface area contributed by atoms with E-state index >= 15 is 0 Å². The Morgan fingerprint density at radius 1 is 1.25 bits per heavy atom. The summed E-state index contributed by atoms with van der Waals surface area (Å²) in [6.07, 6.45) is 3.20. The van der Waals surface area contributed by atoms with Crippen molar-refractivity contribution in [2.45, 2.75) is 39.5 Å². The van der Waals surface area contributed by atoms with Crippen LogP contribution in [-0.4, -0.2) is 25.0 Å². The Morgan fingerprint density at radius 3 is 2.50 bits per heavy atom. The summed E-state index contributed by atoms with van der Waals surface area (Å²) in [4.78, 5) is 21.9. The minimum atomic E-state index is -0.334. The summed E-state index contributed by atoms with van der Waals surface area (Å²) in [5.74, 6) is -0.256. The maximum atomic E-state index is 11.0. The van der Waals surface area contributed by atoms with Gasteiger partial charge in [0.25, 0.3) is 0 Å². The predicted molar refractivity (Wildman–Crippen MR) is 62.9 cm³/mol. The van der Waals surface area contributed by atoms with E-state index in [4.69, 9.17) is 4.74 Å². The Kier molecular flexibility index (Phi) is 8.21. The first-order valence-corrected chi connectivity index (χ1v) is 5.67. The lowest BCUT2D eigenvalue weighted by Crippen LogP contribution is -2.23. The summed E-state index contributed by atoms with van der Waals surface area (Å²) in [6.45, 7) is 8.06. The molecule has 0 heterocycles. The van der Waals surface area contributed by atoms with Gasteiger partial charge < -0.3 is 10.1 Å². The zero-order valence-corrected chi connectivity index (χ0v) is 10.2. The number of ether oxygens (including phenoxy) is 1. The van der Waals surface area contributed by atoms with Gasteiger partial charge in [-0.05, 0) is 26.2 Å². The van der Waals surface area contributed by atoms with Crippen LogP contribution in [0, 0.1) is 0 Å². The van der Waals surface area contributed by atoms with Crippen LogP contribution >= 0.6 is 0 Å². The molecule has 0 bridgehead atoms. The normalized spacial score (nSPS) is 9.62. The van der Waals surface area contributed by atoms with Crippen molar-refractivity contribution in [3.63, 3.8) is 0 Å². The van der Waals surface area contributed by atoms with E-state index in [1.165, 1.54) is 0 Å². The maximum Gasteiger partial charge on any atom is 0.333 e. The molecular weight excluding hydrogens is 206 g/mol. The molecule has 0 radical (unpaired) electrons. The molecule has 0 fully saturated rings. The Labute approximate surface area is 97.1 Å². The minimum Gasteiger partial charge on any atom is -0.462 e. The highest BCUT2D eigenvalue weighted by Gasteiger charge is 2.01. The van der Waals surface area contributed by atoms with Crippen LogP contribution in [0.4, 0.5) is 0 Å². The lowest BCUT2D eigenvalue weighted by molar-refractivity contribution is -0.139.